The summed E-state index contributed by atoms with van der Waals surface area (Å²) in [6.45, 7) is 2.80. The molecule has 1 amide bonds. The van der Waals surface area contributed by atoms with Gasteiger partial charge in [-0.05, 0) is 31.2 Å². The van der Waals surface area contributed by atoms with E-state index in [0.717, 1.165) is 17.1 Å². The van der Waals surface area contributed by atoms with Crippen LogP contribution in [0.15, 0.2) is 80.5 Å². The molecule has 0 aliphatic rings. The minimum Gasteiger partial charge on any atom is -0.467 e. The number of aromatic nitrogens is 1. The number of amides is 1. The molecule has 6 nitrogen and oxygen atoms in total. The molecule has 0 spiro atoms. The molecule has 0 radical (unpaired) electrons. The van der Waals surface area contributed by atoms with Crippen LogP contribution >= 0.6 is 0 Å². The number of hydrogen-bond acceptors (Lipinski definition) is 5. The molecule has 0 saturated heterocycles. The second kappa shape index (κ2) is 8.65. The topological polar surface area (TPSA) is 72.6 Å². The Kier molecular flexibility index (Phi) is 5.61. The third-order valence-electron chi connectivity index (χ3n) is 4.65. The van der Waals surface area contributed by atoms with Gasteiger partial charge in [0.05, 0.1) is 31.8 Å². The van der Waals surface area contributed by atoms with E-state index in [0.29, 0.717) is 31.2 Å². The van der Waals surface area contributed by atoms with Gasteiger partial charge in [-0.3, -0.25) is 4.79 Å². The molecule has 3 heterocycles. The summed E-state index contributed by atoms with van der Waals surface area (Å²) >= 11 is 0. The molecule has 6 heteroatoms. The Morgan fingerprint density at radius 1 is 0.966 bits per heavy atom. The molecule has 0 N–H and O–H groups in total. The van der Waals surface area contributed by atoms with Crippen molar-refractivity contribution in [2.24, 2.45) is 0 Å². The fourth-order valence-electron chi connectivity index (χ4n) is 3.06. The average Bonchev–Trinajstić information content (AvgIpc) is 3.49. The Morgan fingerprint density at radius 2 is 1.62 bits per heavy atom. The van der Waals surface area contributed by atoms with Gasteiger partial charge in [0.25, 0.3) is 0 Å². The van der Waals surface area contributed by atoms with Crippen molar-refractivity contribution in [3.8, 4) is 11.3 Å². The van der Waals surface area contributed by atoms with Crippen LogP contribution in [-0.4, -0.2) is 15.8 Å². The highest BCUT2D eigenvalue weighted by Crippen LogP contribution is 2.21. The summed E-state index contributed by atoms with van der Waals surface area (Å²) in [7, 11) is 0. The van der Waals surface area contributed by atoms with Crippen LogP contribution in [0.1, 0.15) is 29.4 Å². The number of nitrogens with zero attached hydrogens (tertiary/aromatic N) is 2. The van der Waals surface area contributed by atoms with Crippen LogP contribution in [0.5, 0.6) is 0 Å². The van der Waals surface area contributed by atoms with Crippen molar-refractivity contribution in [1.82, 2.24) is 9.88 Å². The number of aryl methyl sites for hydroxylation is 2. The molecule has 4 aromatic rings. The third-order valence-corrected chi connectivity index (χ3v) is 4.65. The highest BCUT2D eigenvalue weighted by Gasteiger charge is 2.18. The van der Waals surface area contributed by atoms with Crippen molar-refractivity contribution in [3.05, 3.63) is 90.2 Å². The Bertz CT molecular complexity index is 995. The molecule has 0 fully saturated rings. The summed E-state index contributed by atoms with van der Waals surface area (Å²) < 4.78 is 16.6. The average molecular weight is 390 g/mol. The monoisotopic (exact) mass is 390 g/mol. The number of oxazole rings is 1. The summed E-state index contributed by atoms with van der Waals surface area (Å²) in [6, 6.07) is 15.4. The van der Waals surface area contributed by atoms with E-state index in [1.807, 2.05) is 55.5 Å². The van der Waals surface area contributed by atoms with Gasteiger partial charge in [-0.1, -0.05) is 29.8 Å². The fourth-order valence-corrected chi connectivity index (χ4v) is 3.06. The smallest absolute Gasteiger partial charge is 0.223 e. The van der Waals surface area contributed by atoms with E-state index >= 15 is 0 Å². The standard InChI is InChI=1S/C23H22N2O4/c1-17-6-8-18(9-7-17)21-14-24-22(29-21)10-11-23(26)25(15-19-4-2-12-27-19)16-20-5-3-13-28-20/h2-9,12-14H,10-11,15-16H2,1H3. The van der Waals surface area contributed by atoms with E-state index in [4.69, 9.17) is 13.3 Å². The lowest BCUT2D eigenvalue weighted by atomic mass is 10.1. The third kappa shape index (κ3) is 4.85. The number of carbonyl (C=O) groups excluding carboxylic acids is 1. The molecule has 0 aliphatic carbocycles. The lowest BCUT2D eigenvalue weighted by Gasteiger charge is -2.20. The van der Waals surface area contributed by atoms with E-state index in [2.05, 4.69) is 4.98 Å². The first-order valence-electron chi connectivity index (χ1n) is 9.51. The quantitative estimate of drug-likeness (QED) is 0.423. The van der Waals surface area contributed by atoms with Gasteiger partial charge in [0.1, 0.15) is 11.5 Å². The molecule has 0 aliphatic heterocycles. The molecule has 148 valence electrons. The van der Waals surface area contributed by atoms with E-state index in [9.17, 15) is 4.79 Å². The minimum atomic E-state index is -0.0205. The van der Waals surface area contributed by atoms with Crippen molar-refractivity contribution in [3.63, 3.8) is 0 Å². The highest BCUT2D eigenvalue weighted by atomic mass is 16.4. The summed E-state index contributed by atoms with van der Waals surface area (Å²) in [4.78, 5) is 18.9. The minimum absolute atomic E-state index is 0.0205. The normalized spacial score (nSPS) is 10.9. The Labute approximate surface area is 168 Å². The van der Waals surface area contributed by atoms with Gasteiger partial charge < -0.3 is 18.2 Å². The molecular weight excluding hydrogens is 368 g/mol. The molecular formula is C23H22N2O4. The number of hydrogen-bond donors (Lipinski definition) is 0. The largest absolute Gasteiger partial charge is 0.467 e. The van der Waals surface area contributed by atoms with Gasteiger partial charge in [0.2, 0.25) is 5.91 Å². The second-order valence-corrected chi connectivity index (χ2v) is 6.89. The fraction of sp³-hybridized carbons (Fsp3) is 0.217. The Balaban J connectivity index is 1.40. The molecule has 29 heavy (non-hydrogen) atoms. The second-order valence-electron chi connectivity index (χ2n) is 6.89. The first-order valence-corrected chi connectivity index (χ1v) is 9.51. The van der Waals surface area contributed by atoms with Crippen molar-refractivity contribution in [1.29, 1.82) is 0 Å². The van der Waals surface area contributed by atoms with Gasteiger partial charge >= 0.3 is 0 Å². The molecule has 0 unspecified atom stereocenters. The number of furan rings is 2. The molecule has 1 aromatic carbocycles. The summed E-state index contributed by atoms with van der Waals surface area (Å²) in [6.07, 6.45) is 5.62. The zero-order chi connectivity index (χ0) is 20.1. The molecule has 0 atom stereocenters. The summed E-state index contributed by atoms with van der Waals surface area (Å²) in [5, 5.41) is 0. The maximum Gasteiger partial charge on any atom is 0.223 e. The number of carbonyl (C=O) groups is 1. The van der Waals surface area contributed by atoms with Crippen LogP contribution in [0.3, 0.4) is 0 Å². The molecule has 0 saturated carbocycles. The maximum absolute atomic E-state index is 12.9. The summed E-state index contributed by atoms with van der Waals surface area (Å²) in [5.74, 6) is 2.68. The lowest BCUT2D eigenvalue weighted by Crippen LogP contribution is -2.30. The molecule has 4 rings (SSSR count). The predicted molar refractivity (Wildman–Crippen MR) is 107 cm³/mol. The zero-order valence-corrected chi connectivity index (χ0v) is 16.2. The van der Waals surface area contributed by atoms with Crippen LogP contribution in [0.2, 0.25) is 0 Å². The van der Waals surface area contributed by atoms with E-state index < -0.39 is 0 Å². The van der Waals surface area contributed by atoms with Crippen molar-refractivity contribution in [2.75, 3.05) is 0 Å². The molecule has 3 aromatic heterocycles. The molecule has 0 bridgehead atoms. The van der Waals surface area contributed by atoms with E-state index in [1.54, 1.807) is 23.6 Å². The van der Waals surface area contributed by atoms with Crippen LogP contribution in [0.25, 0.3) is 11.3 Å². The van der Waals surface area contributed by atoms with Crippen LogP contribution in [0, 0.1) is 6.92 Å². The maximum atomic E-state index is 12.9. The van der Waals surface area contributed by atoms with Crippen LogP contribution in [-0.2, 0) is 24.3 Å². The highest BCUT2D eigenvalue weighted by molar-refractivity contribution is 5.76. The van der Waals surface area contributed by atoms with Crippen molar-refractivity contribution >= 4 is 5.91 Å². The van der Waals surface area contributed by atoms with Gasteiger partial charge in [-0.15, -0.1) is 0 Å². The zero-order valence-electron chi connectivity index (χ0n) is 16.2. The van der Waals surface area contributed by atoms with Crippen LogP contribution in [0.4, 0.5) is 0 Å². The van der Waals surface area contributed by atoms with Gasteiger partial charge in [-0.25, -0.2) is 4.98 Å². The Hall–Kier alpha value is -3.54. The first kappa shape index (κ1) is 18.8. The summed E-state index contributed by atoms with van der Waals surface area (Å²) in [5.41, 5.74) is 2.16. The van der Waals surface area contributed by atoms with Crippen molar-refractivity contribution in [2.45, 2.75) is 32.9 Å². The number of rotatable bonds is 8. The van der Waals surface area contributed by atoms with E-state index in [1.165, 1.54) is 5.56 Å². The number of benzene rings is 1. The predicted octanol–water partition coefficient (Wildman–Crippen LogP) is 5.00. The van der Waals surface area contributed by atoms with E-state index in [-0.39, 0.29) is 12.3 Å². The van der Waals surface area contributed by atoms with Gasteiger partial charge in [0, 0.05) is 18.4 Å². The van der Waals surface area contributed by atoms with Gasteiger partial charge in [0.15, 0.2) is 11.7 Å². The van der Waals surface area contributed by atoms with Crippen LogP contribution < -0.4 is 0 Å². The van der Waals surface area contributed by atoms with Crippen molar-refractivity contribution < 1.29 is 18.0 Å². The van der Waals surface area contributed by atoms with Gasteiger partial charge in [-0.2, -0.15) is 0 Å². The Morgan fingerprint density at radius 3 is 2.21 bits per heavy atom. The first-order chi connectivity index (χ1) is 14.2. The SMILES string of the molecule is Cc1ccc(-c2cnc(CCC(=O)N(Cc3ccco3)Cc3ccco3)o2)cc1. The lowest BCUT2D eigenvalue weighted by molar-refractivity contribution is -0.133.